The van der Waals surface area contributed by atoms with Crippen molar-refractivity contribution in [1.82, 2.24) is 5.32 Å². The Morgan fingerprint density at radius 1 is 1.24 bits per heavy atom. The van der Waals surface area contributed by atoms with E-state index in [1.807, 2.05) is 17.8 Å². The molecule has 0 radical (unpaired) electrons. The smallest absolute Gasteiger partial charge is 0.0191 e. The molecule has 0 saturated carbocycles. The highest BCUT2D eigenvalue weighted by Gasteiger charge is 2.04. The van der Waals surface area contributed by atoms with Crippen LogP contribution in [0.2, 0.25) is 0 Å². The number of hydrogen-bond donors (Lipinski definition) is 1. The van der Waals surface area contributed by atoms with E-state index in [-0.39, 0.29) is 0 Å². The fourth-order valence-electron chi connectivity index (χ4n) is 1.59. The van der Waals surface area contributed by atoms with Crippen LogP contribution in [0.3, 0.4) is 0 Å². The second kappa shape index (κ2) is 7.57. The van der Waals surface area contributed by atoms with Crippen LogP contribution < -0.4 is 5.32 Å². The fraction of sp³-hybridized carbons (Fsp3) is 0.467. The lowest BCUT2D eigenvalue weighted by Gasteiger charge is -2.12. The Hall–Kier alpha value is -0.730. The molecule has 2 heteroatoms. The molecule has 1 rings (SSSR count). The minimum Gasteiger partial charge on any atom is -0.312 e. The van der Waals surface area contributed by atoms with Crippen molar-refractivity contribution in [3.05, 3.63) is 42.5 Å². The van der Waals surface area contributed by atoms with Crippen LogP contribution in [0, 0.1) is 0 Å². The van der Waals surface area contributed by atoms with Crippen LogP contribution in [-0.2, 0) is 0 Å². The highest BCUT2D eigenvalue weighted by atomic mass is 32.2. The Morgan fingerprint density at radius 2 is 1.88 bits per heavy atom. The van der Waals surface area contributed by atoms with Crippen molar-refractivity contribution < 1.29 is 0 Å². The molecule has 0 aliphatic carbocycles. The van der Waals surface area contributed by atoms with Crippen LogP contribution in [-0.4, -0.2) is 18.3 Å². The van der Waals surface area contributed by atoms with Gasteiger partial charge in [0.25, 0.3) is 0 Å². The average molecular weight is 249 g/mol. The molecule has 1 atom stereocenters. The molecule has 0 amide bonds. The maximum atomic E-state index is 3.70. The van der Waals surface area contributed by atoms with Gasteiger partial charge in [-0.1, -0.05) is 39.0 Å². The van der Waals surface area contributed by atoms with E-state index in [4.69, 9.17) is 0 Å². The van der Waals surface area contributed by atoms with Crippen molar-refractivity contribution >= 4 is 11.8 Å². The highest BCUT2D eigenvalue weighted by Crippen LogP contribution is 2.24. The zero-order valence-electron chi connectivity index (χ0n) is 11.1. The topological polar surface area (TPSA) is 12.0 Å². The Bertz CT molecular complexity index is 329. The van der Waals surface area contributed by atoms with Crippen molar-refractivity contribution in [1.29, 1.82) is 0 Å². The Labute approximate surface area is 110 Å². The Balaban J connectivity index is 2.42. The molecular weight excluding hydrogens is 226 g/mol. The molecule has 1 aromatic rings. The van der Waals surface area contributed by atoms with Gasteiger partial charge in [0.15, 0.2) is 0 Å². The molecule has 0 heterocycles. The molecule has 1 unspecified atom stereocenters. The van der Waals surface area contributed by atoms with Gasteiger partial charge >= 0.3 is 0 Å². The zero-order valence-corrected chi connectivity index (χ0v) is 11.9. The third kappa shape index (κ3) is 5.42. The summed E-state index contributed by atoms with van der Waals surface area (Å²) in [5, 5.41) is 3.93. The van der Waals surface area contributed by atoms with E-state index in [0.717, 1.165) is 13.1 Å². The third-order valence-corrected chi connectivity index (χ3v) is 3.72. The summed E-state index contributed by atoms with van der Waals surface area (Å²) in [6.45, 7) is 12.3. The SMILES string of the molecule is C=CCNCC(C)Sc1ccc(C(C)C)cc1. The van der Waals surface area contributed by atoms with Gasteiger partial charge in [0, 0.05) is 23.2 Å². The predicted octanol–water partition coefficient (Wildman–Crippen LogP) is 4.07. The van der Waals surface area contributed by atoms with Crippen LogP contribution in [0.1, 0.15) is 32.3 Å². The van der Waals surface area contributed by atoms with Gasteiger partial charge in [-0.15, -0.1) is 18.3 Å². The zero-order chi connectivity index (χ0) is 12.7. The minimum absolute atomic E-state index is 0.583. The lowest BCUT2D eigenvalue weighted by molar-refractivity contribution is 0.740. The summed E-state index contributed by atoms with van der Waals surface area (Å²) in [5.74, 6) is 0.612. The standard InChI is InChI=1S/C15H23NS/c1-5-10-16-11-13(4)17-15-8-6-14(7-9-15)12(2)3/h5-9,12-13,16H,1,10-11H2,2-4H3. The second-order valence-electron chi connectivity index (χ2n) is 4.60. The minimum atomic E-state index is 0.583. The van der Waals surface area contributed by atoms with Gasteiger partial charge in [0.1, 0.15) is 0 Å². The van der Waals surface area contributed by atoms with E-state index in [0.29, 0.717) is 11.2 Å². The molecule has 0 fully saturated rings. The first-order valence-electron chi connectivity index (χ1n) is 6.21. The molecule has 0 aliphatic heterocycles. The number of nitrogens with one attached hydrogen (secondary N) is 1. The van der Waals surface area contributed by atoms with E-state index >= 15 is 0 Å². The van der Waals surface area contributed by atoms with Gasteiger partial charge in [-0.25, -0.2) is 0 Å². The maximum absolute atomic E-state index is 3.70. The third-order valence-electron chi connectivity index (χ3n) is 2.60. The van der Waals surface area contributed by atoms with E-state index < -0.39 is 0 Å². The molecular formula is C15H23NS. The monoisotopic (exact) mass is 249 g/mol. The molecule has 94 valence electrons. The maximum Gasteiger partial charge on any atom is 0.0191 e. The molecule has 1 N–H and O–H groups in total. The van der Waals surface area contributed by atoms with E-state index in [1.54, 1.807) is 0 Å². The van der Waals surface area contributed by atoms with Gasteiger partial charge in [0.05, 0.1) is 0 Å². The number of thioether (sulfide) groups is 1. The summed E-state index contributed by atoms with van der Waals surface area (Å²) >= 11 is 1.92. The van der Waals surface area contributed by atoms with Crippen molar-refractivity contribution in [2.45, 2.75) is 36.8 Å². The molecule has 17 heavy (non-hydrogen) atoms. The van der Waals surface area contributed by atoms with Crippen molar-refractivity contribution in [2.24, 2.45) is 0 Å². The lowest BCUT2D eigenvalue weighted by Crippen LogP contribution is -2.22. The highest BCUT2D eigenvalue weighted by molar-refractivity contribution is 8.00. The van der Waals surface area contributed by atoms with E-state index in [9.17, 15) is 0 Å². The van der Waals surface area contributed by atoms with Gasteiger partial charge in [-0.3, -0.25) is 0 Å². The summed E-state index contributed by atoms with van der Waals surface area (Å²) in [5.41, 5.74) is 1.41. The van der Waals surface area contributed by atoms with Crippen LogP contribution in [0.5, 0.6) is 0 Å². The molecule has 1 nitrogen and oxygen atoms in total. The predicted molar refractivity (Wildman–Crippen MR) is 78.9 cm³/mol. The molecule has 0 bridgehead atoms. The van der Waals surface area contributed by atoms with Crippen molar-refractivity contribution in [2.75, 3.05) is 13.1 Å². The molecule has 0 aliphatic rings. The first kappa shape index (κ1) is 14.3. The van der Waals surface area contributed by atoms with Crippen LogP contribution in [0.15, 0.2) is 41.8 Å². The summed E-state index contributed by atoms with van der Waals surface area (Å²) < 4.78 is 0. The van der Waals surface area contributed by atoms with Gasteiger partial charge in [0.2, 0.25) is 0 Å². The Morgan fingerprint density at radius 3 is 2.41 bits per heavy atom. The normalized spacial score (nSPS) is 12.7. The lowest BCUT2D eigenvalue weighted by atomic mass is 10.0. The number of benzene rings is 1. The molecule has 1 aromatic carbocycles. The summed E-state index contributed by atoms with van der Waals surface area (Å²) in [6.07, 6.45) is 1.90. The fourth-order valence-corrected chi connectivity index (χ4v) is 2.55. The van der Waals surface area contributed by atoms with E-state index in [1.165, 1.54) is 10.5 Å². The summed E-state index contributed by atoms with van der Waals surface area (Å²) in [7, 11) is 0. The molecule has 0 spiro atoms. The van der Waals surface area contributed by atoms with Gasteiger partial charge in [-0.05, 0) is 23.6 Å². The van der Waals surface area contributed by atoms with Gasteiger partial charge in [-0.2, -0.15) is 0 Å². The first-order valence-corrected chi connectivity index (χ1v) is 7.09. The summed E-state index contributed by atoms with van der Waals surface area (Å²) in [4.78, 5) is 1.35. The average Bonchev–Trinajstić information content (AvgIpc) is 2.30. The van der Waals surface area contributed by atoms with Crippen LogP contribution in [0.25, 0.3) is 0 Å². The quantitative estimate of drug-likeness (QED) is 0.444. The second-order valence-corrected chi connectivity index (χ2v) is 6.11. The number of hydrogen-bond acceptors (Lipinski definition) is 2. The van der Waals surface area contributed by atoms with Crippen molar-refractivity contribution in [3.8, 4) is 0 Å². The van der Waals surface area contributed by atoms with Gasteiger partial charge < -0.3 is 5.32 Å². The van der Waals surface area contributed by atoms with Crippen molar-refractivity contribution in [3.63, 3.8) is 0 Å². The van der Waals surface area contributed by atoms with Crippen LogP contribution in [0.4, 0.5) is 0 Å². The largest absolute Gasteiger partial charge is 0.312 e. The van der Waals surface area contributed by atoms with E-state index in [2.05, 4.69) is 56.9 Å². The molecule has 0 saturated heterocycles. The molecule has 0 aromatic heterocycles. The number of rotatable bonds is 7. The first-order chi connectivity index (χ1) is 8.13. The Kier molecular flexibility index (Phi) is 6.38. The summed E-state index contributed by atoms with van der Waals surface area (Å²) in [6, 6.07) is 8.92. The van der Waals surface area contributed by atoms with Crippen LogP contribution >= 0.6 is 11.8 Å².